The molecule has 3 saturated heterocycles. The molecular weight excluding hydrogens is 1190 g/mol. The first-order valence-corrected chi connectivity index (χ1v) is 34.7. The van der Waals surface area contributed by atoms with E-state index in [-0.39, 0.29) is 109 Å². The molecule has 6 heterocycles. The zero-order chi connectivity index (χ0) is 67.8. The second-order valence-corrected chi connectivity index (χ2v) is 30.9. The van der Waals surface area contributed by atoms with Gasteiger partial charge in [0, 0.05) is 103 Å². The lowest BCUT2D eigenvalue weighted by molar-refractivity contribution is -0.146. The number of fused-ring (bicyclic) bond motifs is 1. The molecule has 16 heteroatoms. The maximum atomic E-state index is 13.7. The number of likely N-dealkylation sites (tertiary alicyclic amines) is 2. The molecule has 0 radical (unpaired) electrons. The molecule has 0 aliphatic carbocycles. The SMILES string of the molecule is C=C1CCC(N2Cc3c(cccc3C(C)C)C2=O)C(=O)N1.Cc1ccsc1-c1ccc(CCC(=O)[C@@H]2C[C@@H](O)CN2C(=O)[C@@H](CC(=O)C(C)C)C(C)(C)C)cc1.Cc1ccsc1-c1ccc([C@H](C)CC(=O)[C@@H]2C[C@@H](O)CN2C(=O)[C@@H](CC(=O)C(C)C)C(C)(C)C)cc1. The summed E-state index contributed by atoms with van der Waals surface area (Å²) >= 11 is 3.44. The minimum absolute atomic E-state index is 0.00777. The molecule has 4 aliphatic heterocycles. The van der Waals surface area contributed by atoms with Gasteiger partial charge in [-0.1, -0.05) is 157 Å². The Bertz CT molecular complexity index is 3470. The number of aliphatic hydroxyl groups excluding tert-OH is 2. The van der Waals surface area contributed by atoms with Gasteiger partial charge >= 0.3 is 0 Å². The predicted molar refractivity (Wildman–Crippen MR) is 368 cm³/mol. The highest BCUT2D eigenvalue weighted by atomic mass is 32.1. The molecule has 3 aromatic carbocycles. The number of nitrogens with one attached hydrogen (secondary N) is 1. The summed E-state index contributed by atoms with van der Waals surface area (Å²) in [6.45, 7) is 34.2. The summed E-state index contributed by atoms with van der Waals surface area (Å²) in [5.41, 5.74) is 9.91. The minimum atomic E-state index is -0.729. The number of hydrogen-bond donors (Lipinski definition) is 3. The van der Waals surface area contributed by atoms with Crippen molar-refractivity contribution in [3.8, 4) is 20.9 Å². The van der Waals surface area contributed by atoms with Gasteiger partial charge < -0.3 is 30.2 Å². The van der Waals surface area contributed by atoms with Crippen molar-refractivity contribution in [2.45, 2.75) is 210 Å². The van der Waals surface area contributed by atoms with Gasteiger partial charge in [0.2, 0.25) is 17.7 Å². The Morgan fingerprint density at radius 3 is 1.55 bits per heavy atom. The molecule has 9 rings (SSSR count). The smallest absolute Gasteiger partial charge is 0.255 e. The third kappa shape index (κ3) is 17.9. The topological polar surface area (TPSA) is 199 Å². The second-order valence-electron chi connectivity index (χ2n) is 29.1. The summed E-state index contributed by atoms with van der Waals surface area (Å²) in [5, 5.41) is 27.7. The first-order valence-electron chi connectivity index (χ1n) is 32.9. The number of aryl methyl sites for hydroxylation is 3. The fourth-order valence-corrected chi connectivity index (χ4v) is 14.7. The van der Waals surface area contributed by atoms with Crippen LogP contribution >= 0.6 is 22.7 Å². The summed E-state index contributed by atoms with van der Waals surface area (Å²) in [7, 11) is 0. The van der Waals surface area contributed by atoms with Crippen LogP contribution in [0.3, 0.4) is 0 Å². The number of aliphatic hydroxyl groups is 2. The van der Waals surface area contributed by atoms with Crippen LogP contribution in [0, 0.1) is 48.3 Å². The number of ketones is 4. The van der Waals surface area contributed by atoms with Crippen LogP contribution < -0.4 is 5.32 Å². The van der Waals surface area contributed by atoms with Gasteiger partial charge in [0.25, 0.3) is 5.91 Å². The lowest BCUT2D eigenvalue weighted by atomic mass is 9.75. The zero-order valence-corrected chi connectivity index (χ0v) is 58.7. The van der Waals surface area contributed by atoms with E-state index in [1.807, 2.05) is 88.3 Å². The fraction of sp³-hybridized carbons (Fsp3) is 0.526. The van der Waals surface area contributed by atoms with E-state index in [0.29, 0.717) is 38.1 Å². The zero-order valence-electron chi connectivity index (χ0n) is 57.0. The molecule has 14 nitrogen and oxygen atoms in total. The Balaban J connectivity index is 0.000000202. The van der Waals surface area contributed by atoms with E-state index in [1.54, 1.807) is 37.4 Å². The van der Waals surface area contributed by atoms with Crippen LogP contribution in [0.2, 0.25) is 0 Å². The van der Waals surface area contributed by atoms with Crippen molar-refractivity contribution in [3.05, 3.63) is 141 Å². The number of Topliss-reactive ketones (excluding diaryl/α,β-unsaturated/α-hetero) is 4. The Labute approximate surface area is 554 Å². The summed E-state index contributed by atoms with van der Waals surface area (Å²) < 4.78 is 0. The molecule has 92 heavy (non-hydrogen) atoms. The summed E-state index contributed by atoms with van der Waals surface area (Å²) in [5.74, 6) is -1.51. The predicted octanol–water partition coefficient (Wildman–Crippen LogP) is 14.0. The maximum absolute atomic E-state index is 13.7. The molecule has 1 unspecified atom stereocenters. The van der Waals surface area contributed by atoms with Crippen molar-refractivity contribution >= 4 is 69.4 Å². The Morgan fingerprint density at radius 1 is 0.641 bits per heavy atom. The summed E-state index contributed by atoms with van der Waals surface area (Å²) in [6, 6.07) is 25.1. The molecule has 8 atom stereocenters. The van der Waals surface area contributed by atoms with E-state index >= 15 is 0 Å². The molecule has 5 aromatic rings. The molecule has 496 valence electrons. The van der Waals surface area contributed by atoms with E-state index in [0.717, 1.165) is 34.4 Å². The number of rotatable bonds is 20. The third-order valence-electron chi connectivity index (χ3n) is 18.9. The number of hydrogen-bond acceptors (Lipinski definition) is 12. The maximum Gasteiger partial charge on any atom is 0.255 e. The van der Waals surface area contributed by atoms with Crippen LogP contribution in [-0.4, -0.2) is 115 Å². The normalized spacial score (nSPS) is 20.1. The average Bonchev–Trinajstić information content (AvgIpc) is 1.62. The number of benzene rings is 3. The van der Waals surface area contributed by atoms with Crippen molar-refractivity contribution < 1.29 is 48.6 Å². The lowest BCUT2D eigenvalue weighted by Gasteiger charge is -2.35. The number of β-amino-alcohol motifs (C(OH)–C–C–N with tert-alkyl or cyclic N) is 2. The lowest BCUT2D eigenvalue weighted by Crippen LogP contribution is -2.49. The second kappa shape index (κ2) is 31.0. The molecule has 0 bridgehead atoms. The third-order valence-corrected chi connectivity index (χ3v) is 21.0. The number of piperidine rings is 1. The fourth-order valence-electron chi connectivity index (χ4n) is 12.9. The highest BCUT2D eigenvalue weighted by Gasteiger charge is 2.47. The largest absolute Gasteiger partial charge is 0.391 e. The number of thiophene rings is 2. The van der Waals surface area contributed by atoms with Gasteiger partial charge in [0.1, 0.15) is 17.6 Å². The van der Waals surface area contributed by atoms with Gasteiger partial charge in [0.15, 0.2) is 11.6 Å². The van der Waals surface area contributed by atoms with E-state index in [4.69, 9.17) is 0 Å². The molecule has 3 fully saturated rings. The summed E-state index contributed by atoms with van der Waals surface area (Å²) in [4.78, 5) is 111. The van der Waals surface area contributed by atoms with Gasteiger partial charge in [-0.2, -0.15) is 0 Å². The van der Waals surface area contributed by atoms with Crippen LogP contribution in [0.1, 0.15) is 197 Å². The van der Waals surface area contributed by atoms with Gasteiger partial charge in [-0.3, -0.25) is 38.4 Å². The number of carbonyl (C=O) groups excluding carboxylic acids is 8. The van der Waals surface area contributed by atoms with Crippen molar-refractivity contribution in [3.63, 3.8) is 0 Å². The Hall–Kier alpha value is -6.72. The van der Waals surface area contributed by atoms with Gasteiger partial charge in [0.05, 0.1) is 24.3 Å². The molecule has 0 spiro atoms. The number of nitrogens with zero attached hydrogens (tertiary/aromatic N) is 3. The minimum Gasteiger partial charge on any atom is -0.391 e. The Morgan fingerprint density at radius 2 is 1.12 bits per heavy atom. The van der Waals surface area contributed by atoms with Crippen molar-refractivity contribution in [2.24, 2.45) is 34.5 Å². The molecule has 4 amide bonds. The quantitative estimate of drug-likeness (QED) is 0.0674. The molecule has 4 aliphatic rings. The van der Waals surface area contributed by atoms with Crippen molar-refractivity contribution in [2.75, 3.05) is 13.1 Å². The number of carbonyl (C=O) groups is 8. The van der Waals surface area contributed by atoms with Crippen LogP contribution in [-0.2, 0) is 46.5 Å². The summed E-state index contributed by atoms with van der Waals surface area (Å²) in [6.07, 6.45) is 1.95. The van der Waals surface area contributed by atoms with E-state index in [1.165, 1.54) is 37.6 Å². The van der Waals surface area contributed by atoms with Crippen molar-refractivity contribution in [1.82, 2.24) is 20.0 Å². The van der Waals surface area contributed by atoms with Crippen LogP contribution in [0.15, 0.2) is 102 Å². The highest BCUT2D eigenvalue weighted by molar-refractivity contribution is 7.14. The van der Waals surface area contributed by atoms with E-state index in [9.17, 15) is 48.6 Å². The standard InChI is InChI=1S/C30H41NO4S.C29H39NO4S.C17H20N2O2/c1-18(2)26(33)16-24(30(5,6)7)29(35)31-17-23(32)15-25(31)27(34)14-20(4)21-8-10-22(11-9-21)28-19(3)12-13-36-28;1-18(2)26(33)16-23(29(4,5)6)28(34)30-17-22(31)15-24(30)25(32)12-9-20-7-10-21(11-8-20)27-19(3)13-14-35-27;1-10(2)12-5-4-6-13-14(12)9-19(17(13)21)15-8-7-11(3)18-16(15)20/h8-13,18,20,23-25,32H,14-17H2,1-7H3;7-8,10-11,13-14,18,22-24,31H,9,12,15-17H2,1-6H3;4-6,10,15H,3,7-9H2,1-2H3,(H,18,20)/t20-,23-,24-,25+;22-,23-,24+;/m11./s1. The number of allylic oxidation sites excluding steroid dienone is 1. The van der Waals surface area contributed by atoms with E-state index < -0.39 is 47.0 Å². The van der Waals surface area contributed by atoms with Crippen LogP contribution in [0.4, 0.5) is 0 Å². The first-order chi connectivity index (χ1) is 43.2. The molecule has 2 aromatic heterocycles. The molecule has 3 N–H and O–H groups in total. The van der Waals surface area contributed by atoms with Crippen LogP contribution in [0.25, 0.3) is 20.9 Å². The highest BCUT2D eigenvalue weighted by Crippen LogP contribution is 2.39. The van der Waals surface area contributed by atoms with Crippen LogP contribution in [0.5, 0.6) is 0 Å². The number of amides is 4. The molecular formula is C76H100N4O10S2. The monoisotopic (exact) mass is 1290 g/mol. The van der Waals surface area contributed by atoms with Gasteiger partial charge in [-0.05, 0) is 129 Å². The average molecular weight is 1290 g/mol. The van der Waals surface area contributed by atoms with Gasteiger partial charge in [-0.15, -0.1) is 22.7 Å². The molecule has 0 saturated carbocycles. The van der Waals surface area contributed by atoms with Gasteiger partial charge in [-0.25, -0.2) is 0 Å². The Kier molecular flexibility index (Phi) is 24.5. The van der Waals surface area contributed by atoms with Crippen molar-refractivity contribution in [1.29, 1.82) is 0 Å². The van der Waals surface area contributed by atoms with E-state index in [2.05, 4.69) is 117 Å². The first kappa shape index (κ1) is 72.7.